The maximum Gasteiger partial charge on any atom is 0.227 e. The zero-order valence-electron chi connectivity index (χ0n) is 14.7. The van der Waals surface area contributed by atoms with E-state index in [0.29, 0.717) is 11.8 Å². The molecule has 2 fully saturated rings. The Morgan fingerprint density at radius 1 is 1.00 bits per heavy atom. The molecule has 0 bridgehead atoms. The van der Waals surface area contributed by atoms with E-state index in [1.807, 2.05) is 6.92 Å². The van der Waals surface area contributed by atoms with Gasteiger partial charge in [-0.3, -0.25) is 4.79 Å². The van der Waals surface area contributed by atoms with Gasteiger partial charge in [0.1, 0.15) is 5.82 Å². The van der Waals surface area contributed by atoms with Gasteiger partial charge in [0, 0.05) is 11.8 Å². The van der Waals surface area contributed by atoms with Crippen LogP contribution in [-0.4, -0.2) is 15.9 Å². The predicted molar refractivity (Wildman–Crippen MR) is 98.5 cm³/mol. The largest absolute Gasteiger partial charge is 0.323 e. The van der Waals surface area contributed by atoms with E-state index in [4.69, 9.17) is 0 Å². The fourth-order valence-electron chi connectivity index (χ4n) is 3.90. The van der Waals surface area contributed by atoms with Crippen molar-refractivity contribution in [3.05, 3.63) is 53.6 Å². The van der Waals surface area contributed by atoms with Crippen molar-refractivity contribution < 1.29 is 4.79 Å². The molecule has 4 rings (SSSR count). The van der Waals surface area contributed by atoms with Crippen LogP contribution in [0.25, 0.3) is 0 Å². The molecule has 0 unspecified atom stereocenters. The Kier molecular flexibility index (Phi) is 4.51. The first-order valence-corrected chi connectivity index (χ1v) is 9.40. The van der Waals surface area contributed by atoms with Crippen LogP contribution < -0.4 is 5.32 Å². The van der Waals surface area contributed by atoms with Crippen LogP contribution in [0.3, 0.4) is 0 Å². The summed E-state index contributed by atoms with van der Waals surface area (Å²) < 4.78 is 0. The number of hydrogen-bond donors (Lipinski definition) is 1. The molecule has 1 heterocycles. The number of hydrogen-bond acceptors (Lipinski definition) is 3. The van der Waals surface area contributed by atoms with Crippen molar-refractivity contribution in [2.24, 2.45) is 5.92 Å². The number of benzene rings is 1. The van der Waals surface area contributed by atoms with E-state index in [2.05, 4.69) is 45.6 Å². The minimum atomic E-state index is 0.105. The average Bonchev–Trinajstić information content (AvgIpc) is 3.49. The molecule has 4 heteroatoms. The quantitative estimate of drug-likeness (QED) is 0.890. The number of anilines is 1. The van der Waals surface area contributed by atoms with Gasteiger partial charge in [-0.05, 0) is 56.9 Å². The third kappa shape index (κ3) is 3.73. The van der Waals surface area contributed by atoms with Crippen LogP contribution in [0.15, 0.2) is 36.5 Å². The Labute approximate surface area is 149 Å². The van der Waals surface area contributed by atoms with Crippen molar-refractivity contribution in [2.45, 2.75) is 57.3 Å². The van der Waals surface area contributed by atoms with E-state index < -0.39 is 0 Å². The van der Waals surface area contributed by atoms with Crippen molar-refractivity contribution >= 4 is 11.6 Å². The van der Waals surface area contributed by atoms with Crippen LogP contribution in [0.4, 0.5) is 5.69 Å². The highest BCUT2D eigenvalue weighted by atomic mass is 16.1. The number of aromatic nitrogens is 2. The van der Waals surface area contributed by atoms with Crippen molar-refractivity contribution in [1.82, 2.24) is 9.97 Å². The summed E-state index contributed by atoms with van der Waals surface area (Å²) in [5, 5.41) is 3.12. The maximum absolute atomic E-state index is 12.7. The highest BCUT2D eigenvalue weighted by Gasteiger charge is 2.31. The molecular formula is C21H25N3O. The van der Waals surface area contributed by atoms with E-state index in [9.17, 15) is 4.79 Å². The van der Waals surface area contributed by atoms with E-state index in [1.54, 1.807) is 6.20 Å². The Bertz CT molecular complexity index is 747. The zero-order chi connectivity index (χ0) is 17.2. The van der Waals surface area contributed by atoms with Crippen LogP contribution in [0.5, 0.6) is 0 Å². The minimum Gasteiger partial charge on any atom is -0.323 e. The number of nitrogens with zero attached hydrogens (tertiary/aromatic N) is 2. The van der Waals surface area contributed by atoms with Gasteiger partial charge in [0.15, 0.2) is 0 Å². The molecule has 0 aliphatic heterocycles. The molecule has 0 atom stereocenters. The summed E-state index contributed by atoms with van der Waals surface area (Å²) in [6, 6.07) is 10.7. The molecule has 1 aromatic carbocycles. The second kappa shape index (κ2) is 6.95. The molecule has 0 spiro atoms. The SMILES string of the molecule is Cc1ncc(NC(=O)C2CCC(c3ccccc3)CC2)c(C2CC2)n1. The van der Waals surface area contributed by atoms with Gasteiger partial charge in [0.2, 0.25) is 5.91 Å². The molecule has 1 aromatic heterocycles. The third-order valence-electron chi connectivity index (χ3n) is 5.53. The number of rotatable bonds is 4. The van der Waals surface area contributed by atoms with Gasteiger partial charge >= 0.3 is 0 Å². The average molecular weight is 335 g/mol. The van der Waals surface area contributed by atoms with Gasteiger partial charge in [0.25, 0.3) is 0 Å². The smallest absolute Gasteiger partial charge is 0.227 e. The fraction of sp³-hybridized carbons (Fsp3) is 0.476. The molecule has 0 saturated heterocycles. The second-order valence-corrected chi connectivity index (χ2v) is 7.44. The van der Waals surface area contributed by atoms with E-state index in [-0.39, 0.29) is 11.8 Å². The number of carbonyl (C=O) groups excluding carboxylic acids is 1. The van der Waals surface area contributed by atoms with Gasteiger partial charge in [0.05, 0.1) is 17.6 Å². The number of carbonyl (C=O) groups is 1. The standard InChI is InChI=1S/C21H25N3O/c1-14-22-13-19(20(23-14)17-9-10-17)24-21(25)18-11-7-16(8-12-18)15-5-3-2-4-6-15/h2-6,13,16-18H,7-12H2,1H3,(H,24,25). The minimum absolute atomic E-state index is 0.105. The van der Waals surface area contributed by atoms with Crippen LogP contribution in [0, 0.1) is 12.8 Å². The number of nitrogens with one attached hydrogen (secondary N) is 1. The van der Waals surface area contributed by atoms with Gasteiger partial charge in [-0.1, -0.05) is 30.3 Å². The second-order valence-electron chi connectivity index (χ2n) is 7.44. The lowest BCUT2D eigenvalue weighted by Crippen LogP contribution is -2.27. The molecule has 2 aliphatic rings. The molecular weight excluding hydrogens is 310 g/mol. The topological polar surface area (TPSA) is 54.9 Å². The van der Waals surface area contributed by atoms with Gasteiger partial charge in [-0.2, -0.15) is 0 Å². The lowest BCUT2D eigenvalue weighted by atomic mass is 9.78. The molecule has 2 aromatic rings. The summed E-state index contributed by atoms with van der Waals surface area (Å²) in [6.07, 6.45) is 8.20. The Morgan fingerprint density at radius 3 is 2.36 bits per heavy atom. The van der Waals surface area contributed by atoms with Gasteiger partial charge in [-0.25, -0.2) is 9.97 Å². The summed E-state index contributed by atoms with van der Waals surface area (Å²) >= 11 is 0. The predicted octanol–water partition coefficient (Wildman–Crippen LogP) is 4.57. The molecule has 1 amide bonds. The molecule has 2 aliphatic carbocycles. The summed E-state index contributed by atoms with van der Waals surface area (Å²) in [5.74, 6) is 2.12. The molecule has 4 nitrogen and oxygen atoms in total. The summed E-state index contributed by atoms with van der Waals surface area (Å²) in [6.45, 7) is 1.91. The van der Waals surface area contributed by atoms with Crippen LogP contribution in [-0.2, 0) is 4.79 Å². The highest BCUT2D eigenvalue weighted by Crippen LogP contribution is 2.42. The summed E-state index contributed by atoms with van der Waals surface area (Å²) in [4.78, 5) is 21.6. The number of aryl methyl sites for hydroxylation is 1. The first-order valence-electron chi connectivity index (χ1n) is 9.40. The summed E-state index contributed by atoms with van der Waals surface area (Å²) in [7, 11) is 0. The van der Waals surface area contributed by atoms with E-state index in [0.717, 1.165) is 42.9 Å². The molecule has 0 radical (unpaired) electrons. The van der Waals surface area contributed by atoms with Crippen LogP contribution in [0.2, 0.25) is 0 Å². The Balaban J connectivity index is 1.38. The molecule has 25 heavy (non-hydrogen) atoms. The monoisotopic (exact) mass is 335 g/mol. The Hall–Kier alpha value is -2.23. The van der Waals surface area contributed by atoms with E-state index >= 15 is 0 Å². The lowest BCUT2D eigenvalue weighted by Gasteiger charge is -2.28. The Morgan fingerprint density at radius 2 is 1.68 bits per heavy atom. The molecule has 130 valence electrons. The van der Waals surface area contributed by atoms with Crippen molar-refractivity contribution in [1.29, 1.82) is 0 Å². The zero-order valence-corrected chi connectivity index (χ0v) is 14.7. The normalized spacial score (nSPS) is 23.2. The fourth-order valence-corrected chi connectivity index (χ4v) is 3.90. The van der Waals surface area contributed by atoms with Crippen molar-refractivity contribution in [3.63, 3.8) is 0 Å². The molecule has 2 saturated carbocycles. The summed E-state index contributed by atoms with van der Waals surface area (Å²) in [5.41, 5.74) is 3.26. The van der Waals surface area contributed by atoms with Crippen molar-refractivity contribution in [3.8, 4) is 0 Å². The molecule has 1 N–H and O–H groups in total. The van der Waals surface area contributed by atoms with E-state index in [1.165, 1.54) is 18.4 Å². The lowest BCUT2D eigenvalue weighted by molar-refractivity contribution is -0.120. The van der Waals surface area contributed by atoms with Gasteiger partial charge in [-0.15, -0.1) is 0 Å². The third-order valence-corrected chi connectivity index (χ3v) is 5.53. The highest BCUT2D eigenvalue weighted by molar-refractivity contribution is 5.93. The van der Waals surface area contributed by atoms with Crippen molar-refractivity contribution in [2.75, 3.05) is 5.32 Å². The number of amides is 1. The van der Waals surface area contributed by atoms with Crippen LogP contribution in [0.1, 0.15) is 67.4 Å². The first-order chi connectivity index (χ1) is 12.2. The first kappa shape index (κ1) is 16.2. The maximum atomic E-state index is 12.7. The van der Waals surface area contributed by atoms with Crippen LogP contribution >= 0.6 is 0 Å². The van der Waals surface area contributed by atoms with Gasteiger partial charge < -0.3 is 5.32 Å².